The van der Waals surface area contributed by atoms with Crippen molar-refractivity contribution in [2.75, 3.05) is 28.0 Å². The van der Waals surface area contributed by atoms with Gasteiger partial charge in [-0.1, -0.05) is 6.07 Å². The van der Waals surface area contributed by atoms with Crippen molar-refractivity contribution in [1.82, 2.24) is 0 Å². The van der Waals surface area contributed by atoms with Crippen molar-refractivity contribution in [2.24, 2.45) is 0 Å². The summed E-state index contributed by atoms with van der Waals surface area (Å²) in [4.78, 5) is 12.9. The van der Waals surface area contributed by atoms with Crippen LogP contribution in [0.2, 0.25) is 0 Å². The predicted molar refractivity (Wildman–Crippen MR) is 94.2 cm³/mol. The zero-order valence-corrected chi connectivity index (χ0v) is 14.2. The highest BCUT2D eigenvalue weighted by Gasteiger charge is 2.35. The van der Waals surface area contributed by atoms with E-state index in [9.17, 15) is 13.2 Å². The molecule has 0 spiro atoms. The van der Waals surface area contributed by atoms with Gasteiger partial charge in [-0.05, 0) is 35.7 Å². The number of anilines is 3. The van der Waals surface area contributed by atoms with Gasteiger partial charge in [0.15, 0.2) is 0 Å². The maximum atomic E-state index is 12.1. The Bertz CT molecular complexity index is 873. The van der Waals surface area contributed by atoms with Gasteiger partial charge in [0.05, 0.1) is 11.4 Å². The first-order valence-corrected chi connectivity index (χ1v) is 9.06. The zero-order valence-electron chi connectivity index (χ0n) is 12.6. The van der Waals surface area contributed by atoms with Gasteiger partial charge in [0.25, 0.3) is 0 Å². The zero-order chi connectivity index (χ0) is 16.6. The number of nitrogens with one attached hydrogen (secondary N) is 1. The Morgan fingerprint density at radius 2 is 1.91 bits per heavy atom. The Morgan fingerprint density at radius 3 is 2.61 bits per heavy atom. The molecule has 2 heterocycles. The third-order valence-electron chi connectivity index (χ3n) is 3.56. The minimum atomic E-state index is -3.51. The van der Waals surface area contributed by atoms with E-state index >= 15 is 0 Å². The summed E-state index contributed by atoms with van der Waals surface area (Å²) >= 11 is 1.54. The van der Waals surface area contributed by atoms with E-state index in [1.54, 1.807) is 35.6 Å². The largest absolute Gasteiger partial charge is 0.326 e. The topological polar surface area (TPSA) is 69.7 Å². The molecule has 2 aromatic rings. The van der Waals surface area contributed by atoms with E-state index in [1.807, 2.05) is 17.5 Å². The number of amides is 1. The molecule has 120 valence electrons. The van der Waals surface area contributed by atoms with Gasteiger partial charge in [-0.3, -0.25) is 13.4 Å². The molecule has 0 fully saturated rings. The molecule has 0 unspecified atom stereocenters. The minimum Gasteiger partial charge on any atom is -0.322 e. The minimum absolute atomic E-state index is 0.268. The van der Waals surface area contributed by atoms with Crippen LogP contribution < -0.4 is 13.9 Å². The molecule has 8 heteroatoms. The van der Waals surface area contributed by atoms with Gasteiger partial charge in [0, 0.05) is 30.7 Å². The summed E-state index contributed by atoms with van der Waals surface area (Å²) in [5, 5.41) is 4.67. The smallest absolute Gasteiger partial charge is 0.322 e. The highest BCUT2D eigenvalue weighted by atomic mass is 32.2. The monoisotopic (exact) mass is 349 g/mol. The first-order chi connectivity index (χ1) is 10.9. The lowest BCUT2D eigenvalue weighted by Crippen LogP contribution is -2.32. The number of carbonyl (C=O) groups is 1. The van der Waals surface area contributed by atoms with Crippen LogP contribution in [0.3, 0.4) is 0 Å². The maximum absolute atomic E-state index is 12.1. The lowest BCUT2D eigenvalue weighted by Gasteiger charge is -2.13. The number of hydrogen-bond acceptors (Lipinski definition) is 4. The third kappa shape index (κ3) is 2.82. The Labute approximate surface area is 138 Å². The molecular weight excluding hydrogens is 334 g/mol. The molecule has 1 aromatic carbocycles. The molecule has 1 aliphatic heterocycles. The number of benzene rings is 1. The van der Waals surface area contributed by atoms with Crippen molar-refractivity contribution in [3.8, 4) is 0 Å². The summed E-state index contributed by atoms with van der Waals surface area (Å²) in [6, 6.07) is 8.83. The molecule has 1 N–H and O–H groups in total. The second-order valence-electron chi connectivity index (χ2n) is 4.98. The van der Waals surface area contributed by atoms with Gasteiger partial charge in [-0.25, -0.2) is 0 Å². The molecule has 1 amide bonds. The van der Waals surface area contributed by atoms with Crippen LogP contribution in [0, 0.1) is 0 Å². The van der Waals surface area contributed by atoms with Crippen LogP contribution in [-0.4, -0.2) is 28.4 Å². The molecule has 23 heavy (non-hydrogen) atoms. The van der Waals surface area contributed by atoms with Crippen molar-refractivity contribution in [3.05, 3.63) is 46.7 Å². The third-order valence-corrected chi connectivity index (χ3v) is 6.17. The first-order valence-electron chi connectivity index (χ1n) is 6.79. The quantitative estimate of drug-likeness (QED) is 0.866. The average molecular weight is 349 g/mol. The normalized spacial score (nSPS) is 15.9. The van der Waals surface area contributed by atoms with Crippen molar-refractivity contribution in [3.63, 3.8) is 0 Å². The molecule has 3 rings (SSSR count). The highest BCUT2D eigenvalue weighted by molar-refractivity contribution is 7.94. The molecular formula is C15H15N3O3S2. The number of fused-ring (bicyclic) bond motifs is 1. The maximum Gasteiger partial charge on any atom is 0.326 e. The van der Waals surface area contributed by atoms with E-state index in [0.29, 0.717) is 17.1 Å². The highest BCUT2D eigenvalue weighted by Crippen LogP contribution is 2.40. The number of carbonyl (C=O) groups excluding carboxylic acids is 1. The molecule has 0 bridgehead atoms. The summed E-state index contributed by atoms with van der Waals surface area (Å²) in [5.74, 6) is -0.268. The Balaban J connectivity index is 1.79. The van der Waals surface area contributed by atoms with E-state index in [-0.39, 0.29) is 5.91 Å². The van der Waals surface area contributed by atoms with Crippen LogP contribution >= 0.6 is 11.3 Å². The summed E-state index contributed by atoms with van der Waals surface area (Å²) < 4.78 is 26.5. The number of rotatable bonds is 3. The predicted octanol–water partition coefficient (Wildman–Crippen LogP) is 2.53. The van der Waals surface area contributed by atoms with Crippen molar-refractivity contribution >= 4 is 50.6 Å². The SMILES string of the molecule is CN1c2ccc(NC(=O)/C=C/c3cccs3)cc2N(C)S1(=O)=O. The fourth-order valence-corrected chi connectivity index (χ4v) is 4.06. The van der Waals surface area contributed by atoms with Gasteiger partial charge in [0.1, 0.15) is 0 Å². The Kier molecular flexibility index (Phi) is 3.87. The molecule has 0 atom stereocenters. The molecule has 1 aromatic heterocycles. The fourth-order valence-electron chi connectivity index (χ4n) is 2.28. The van der Waals surface area contributed by atoms with Gasteiger partial charge in [0.2, 0.25) is 5.91 Å². The van der Waals surface area contributed by atoms with Gasteiger partial charge < -0.3 is 5.32 Å². The van der Waals surface area contributed by atoms with Crippen molar-refractivity contribution < 1.29 is 13.2 Å². The molecule has 0 saturated heterocycles. The molecule has 1 aliphatic rings. The van der Waals surface area contributed by atoms with Gasteiger partial charge in [-0.2, -0.15) is 8.42 Å². The summed E-state index contributed by atoms with van der Waals surface area (Å²) in [6.45, 7) is 0. The Hall–Kier alpha value is -2.32. The molecule has 6 nitrogen and oxygen atoms in total. The number of hydrogen-bond donors (Lipinski definition) is 1. The summed E-state index contributed by atoms with van der Waals surface area (Å²) in [7, 11) is -0.521. The Morgan fingerprint density at radius 1 is 1.17 bits per heavy atom. The van der Waals surface area contributed by atoms with Crippen LogP contribution in [0.15, 0.2) is 41.8 Å². The van der Waals surface area contributed by atoms with Crippen LogP contribution in [0.25, 0.3) is 6.08 Å². The standard InChI is InChI=1S/C15H15N3O3S2/c1-17-13-7-5-11(10-14(13)18(2)23(17,20)21)16-15(19)8-6-12-4-3-9-22-12/h3-10H,1-2H3,(H,16,19)/b8-6+. The van der Waals surface area contributed by atoms with Crippen LogP contribution in [0.1, 0.15) is 4.88 Å². The molecule has 0 radical (unpaired) electrons. The van der Waals surface area contributed by atoms with Crippen molar-refractivity contribution in [1.29, 1.82) is 0 Å². The van der Waals surface area contributed by atoms with E-state index in [2.05, 4.69) is 5.32 Å². The number of nitrogens with zero attached hydrogens (tertiary/aromatic N) is 2. The first kappa shape index (κ1) is 15.6. The average Bonchev–Trinajstić information content (AvgIpc) is 3.09. The van der Waals surface area contributed by atoms with Crippen molar-refractivity contribution in [2.45, 2.75) is 0 Å². The lowest BCUT2D eigenvalue weighted by atomic mass is 10.2. The van der Waals surface area contributed by atoms with Crippen LogP contribution in [0.4, 0.5) is 17.1 Å². The summed E-state index contributed by atoms with van der Waals surface area (Å²) in [6.07, 6.45) is 3.18. The van der Waals surface area contributed by atoms with E-state index in [1.165, 1.54) is 28.8 Å². The van der Waals surface area contributed by atoms with E-state index in [0.717, 1.165) is 4.88 Å². The second kappa shape index (κ2) is 5.71. The second-order valence-corrected chi connectivity index (χ2v) is 7.95. The lowest BCUT2D eigenvalue weighted by molar-refractivity contribution is -0.111. The molecule has 0 saturated carbocycles. The van der Waals surface area contributed by atoms with Gasteiger partial charge in [-0.15, -0.1) is 11.3 Å². The van der Waals surface area contributed by atoms with E-state index < -0.39 is 10.2 Å². The van der Waals surface area contributed by atoms with Crippen LogP contribution in [-0.2, 0) is 15.0 Å². The van der Waals surface area contributed by atoms with Gasteiger partial charge >= 0.3 is 10.2 Å². The van der Waals surface area contributed by atoms with E-state index in [4.69, 9.17) is 0 Å². The summed E-state index contributed by atoms with van der Waals surface area (Å²) in [5.41, 5.74) is 1.66. The van der Waals surface area contributed by atoms with Crippen LogP contribution in [0.5, 0.6) is 0 Å². The fraction of sp³-hybridized carbons (Fsp3) is 0.133. The molecule has 0 aliphatic carbocycles. The number of thiophene rings is 1.